The molecule has 28 heavy (non-hydrogen) atoms. The number of fused-ring (bicyclic) bond motifs is 1. The monoisotopic (exact) mass is 378 g/mol. The predicted molar refractivity (Wildman–Crippen MR) is 106 cm³/mol. The lowest BCUT2D eigenvalue weighted by Gasteiger charge is -2.22. The third kappa shape index (κ3) is 3.98. The molecule has 6 nitrogen and oxygen atoms in total. The predicted octanol–water partition coefficient (Wildman–Crippen LogP) is 4.10. The van der Waals surface area contributed by atoms with Crippen LogP contribution in [0, 0.1) is 0 Å². The Labute approximate surface area is 163 Å². The van der Waals surface area contributed by atoms with Gasteiger partial charge in [-0.25, -0.2) is 15.3 Å². The van der Waals surface area contributed by atoms with Gasteiger partial charge < -0.3 is 9.47 Å². The highest BCUT2D eigenvalue weighted by Crippen LogP contribution is 2.26. The number of nitrogens with zero attached hydrogens (tertiary/aromatic N) is 1. The summed E-state index contributed by atoms with van der Waals surface area (Å²) in [6, 6.07) is 16.9. The molecule has 1 atom stereocenters. The van der Waals surface area contributed by atoms with E-state index < -0.39 is 6.29 Å². The molecule has 0 saturated carbocycles. The van der Waals surface area contributed by atoms with Crippen LogP contribution >= 0.6 is 0 Å². The first-order chi connectivity index (χ1) is 13.7. The van der Waals surface area contributed by atoms with Gasteiger partial charge in [0.05, 0.1) is 23.9 Å². The zero-order valence-electron chi connectivity index (χ0n) is 15.7. The molecule has 0 bridgehead atoms. The lowest BCUT2D eigenvalue weighted by Crippen LogP contribution is -2.33. The number of nitrogens with one attached hydrogen (secondary N) is 1. The average molecular weight is 378 g/mol. The Morgan fingerprint density at radius 2 is 1.96 bits per heavy atom. The van der Waals surface area contributed by atoms with Gasteiger partial charge in [0.1, 0.15) is 5.75 Å². The van der Waals surface area contributed by atoms with Gasteiger partial charge >= 0.3 is 0 Å². The number of aromatic nitrogens is 1. The lowest BCUT2D eigenvalue weighted by atomic mass is 10.0. The summed E-state index contributed by atoms with van der Waals surface area (Å²) in [5.74, 6) is 0.450. The molecule has 6 heteroatoms. The maximum absolute atomic E-state index is 12.8. The third-order valence-corrected chi connectivity index (χ3v) is 4.77. The fourth-order valence-electron chi connectivity index (χ4n) is 3.25. The quantitative estimate of drug-likeness (QED) is 0.677. The third-order valence-electron chi connectivity index (χ3n) is 4.77. The zero-order chi connectivity index (χ0) is 19.3. The second-order valence-corrected chi connectivity index (χ2v) is 6.65. The van der Waals surface area contributed by atoms with Crippen molar-refractivity contribution in [2.45, 2.75) is 25.6 Å². The van der Waals surface area contributed by atoms with Gasteiger partial charge in [-0.15, -0.1) is 0 Å². The highest BCUT2D eigenvalue weighted by Gasteiger charge is 2.18. The summed E-state index contributed by atoms with van der Waals surface area (Å²) in [5, 5.41) is 0.769. The Kier molecular flexibility index (Phi) is 5.50. The number of methoxy groups -OCH3 is 1. The Morgan fingerprint density at radius 1 is 1.14 bits per heavy atom. The molecular formula is C22H22N2O4. The van der Waals surface area contributed by atoms with Gasteiger partial charge in [0.15, 0.2) is 6.29 Å². The summed E-state index contributed by atoms with van der Waals surface area (Å²) in [7, 11) is 1.63. The van der Waals surface area contributed by atoms with E-state index in [0.717, 1.165) is 41.5 Å². The van der Waals surface area contributed by atoms with E-state index in [4.69, 9.17) is 19.3 Å². The average Bonchev–Trinajstić information content (AvgIpc) is 2.77. The molecular weight excluding hydrogens is 356 g/mol. The topological polar surface area (TPSA) is 69.7 Å². The van der Waals surface area contributed by atoms with Crippen molar-refractivity contribution in [2.75, 3.05) is 13.7 Å². The number of hydrogen-bond acceptors (Lipinski definition) is 5. The van der Waals surface area contributed by atoms with Crippen LogP contribution in [0.2, 0.25) is 0 Å². The van der Waals surface area contributed by atoms with Crippen LogP contribution in [0.5, 0.6) is 5.75 Å². The van der Waals surface area contributed by atoms with Gasteiger partial charge in [-0.2, -0.15) is 0 Å². The molecule has 2 aromatic carbocycles. The smallest absolute Gasteiger partial charge is 0.275 e. The Morgan fingerprint density at radius 3 is 2.71 bits per heavy atom. The number of pyridine rings is 1. The molecule has 1 aromatic heterocycles. The molecule has 1 N–H and O–H groups in total. The van der Waals surface area contributed by atoms with Crippen molar-refractivity contribution in [3.05, 3.63) is 60.2 Å². The Balaban J connectivity index is 1.64. The lowest BCUT2D eigenvalue weighted by molar-refractivity contribution is -0.186. The van der Waals surface area contributed by atoms with Gasteiger partial charge in [-0.3, -0.25) is 4.79 Å². The van der Waals surface area contributed by atoms with Crippen LogP contribution in [0.25, 0.3) is 22.2 Å². The van der Waals surface area contributed by atoms with Gasteiger partial charge in [-0.05, 0) is 49.2 Å². The molecule has 1 saturated heterocycles. The van der Waals surface area contributed by atoms with E-state index in [1.807, 2.05) is 48.5 Å². The number of carbonyl (C=O) groups is 1. The van der Waals surface area contributed by atoms with Crippen molar-refractivity contribution in [1.29, 1.82) is 0 Å². The van der Waals surface area contributed by atoms with E-state index in [0.29, 0.717) is 17.9 Å². The van der Waals surface area contributed by atoms with Crippen molar-refractivity contribution in [2.24, 2.45) is 0 Å². The maximum Gasteiger partial charge on any atom is 0.275 e. The van der Waals surface area contributed by atoms with Gasteiger partial charge in [0.25, 0.3) is 5.91 Å². The molecule has 1 aliphatic rings. The van der Waals surface area contributed by atoms with Gasteiger partial charge in [0.2, 0.25) is 0 Å². The second-order valence-electron chi connectivity index (χ2n) is 6.65. The summed E-state index contributed by atoms with van der Waals surface area (Å²) in [4.78, 5) is 23.0. The summed E-state index contributed by atoms with van der Waals surface area (Å²) in [6.07, 6.45) is 2.43. The zero-order valence-corrected chi connectivity index (χ0v) is 15.7. The summed E-state index contributed by atoms with van der Waals surface area (Å²) < 4.78 is 10.7. The summed E-state index contributed by atoms with van der Waals surface area (Å²) in [5.41, 5.74) is 5.41. The minimum atomic E-state index is -0.396. The van der Waals surface area contributed by atoms with Crippen molar-refractivity contribution in [3.63, 3.8) is 0 Å². The Bertz CT molecular complexity index is 966. The highest BCUT2D eigenvalue weighted by molar-refractivity contribution is 6.06. The van der Waals surface area contributed by atoms with Crippen molar-refractivity contribution < 1.29 is 19.1 Å². The van der Waals surface area contributed by atoms with E-state index in [1.165, 1.54) is 0 Å². The number of hydrogen-bond donors (Lipinski definition) is 1. The minimum Gasteiger partial charge on any atom is -0.497 e. The minimum absolute atomic E-state index is 0.317. The molecule has 1 aliphatic heterocycles. The Hall–Kier alpha value is -2.96. The van der Waals surface area contributed by atoms with Crippen molar-refractivity contribution in [1.82, 2.24) is 10.5 Å². The number of hydroxylamine groups is 1. The molecule has 0 unspecified atom stereocenters. The van der Waals surface area contributed by atoms with Crippen LogP contribution in [0.4, 0.5) is 0 Å². The van der Waals surface area contributed by atoms with Crippen molar-refractivity contribution >= 4 is 16.8 Å². The first kappa shape index (κ1) is 18.4. The normalized spacial score (nSPS) is 16.7. The largest absolute Gasteiger partial charge is 0.497 e. The fraction of sp³-hybridized carbons (Fsp3) is 0.273. The number of para-hydroxylation sites is 1. The van der Waals surface area contributed by atoms with Crippen LogP contribution in [0.15, 0.2) is 54.6 Å². The molecule has 1 fully saturated rings. The molecule has 0 aliphatic carbocycles. The number of amides is 1. The van der Waals surface area contributed by atoms with Crippen LogP contribution in [-0.4, -0.2) is 30.9 Å². The number of rotatable bonds is 5. The fourth-order valence-corrected chi connectivity index (χ4v) is 3.25. The van der Waals surface area contributed by atoms with Crippen LogP contribution in [0.1, 0.15) is 29.6 Å². The molecule has 2 heterocycles. The highest BCUT2D eigenvalue weighted by atomic mass is 16.8. The van der Waals surface area contributed by atoms with Crippen LogP contribution in [0.3, 0.4) is 0 Å². The van der Waals surface area contributed by atoms with Crippen LogP contribution < -0.4 is 10.2 Å². The molecule has 144 valence electrons. The molecule has 4 rings (SSSR count). The van der Waals surface area contributed by atoms with Gasteiger partial charge in [-0.1, -0.05) is 18.2 Å². The second kappa shape index (κ2) is 8.37. The van der Waals surface area contributed by atoms with Crippen molar-refractivity contribution in [3.8, 4) is 17.0 Å². The standard InChI is InChI=1S/C22H22N2O4/c1-26-16-11-9-15(10-12-16)20-14-18(17-6-2-3-7-19(17)23-20)22(25)24-28-21-8-4-5-13-27-21/h2-3,6-7,9-12,14,21H,4-5,8,13H2,1H3,(H,24,25)/t21-/m1/s1. The van der Waals surface area contributed by atoms with E-state index in [-0.39, 0.29) is 5.91 Å². The number of benzene rings is 2. The SMILES string of the molecule is COc1ccc(-c2cc(C(=O)NO[C@@H]3CCCCO3)c3ccccc3n2)cc1. The van der Waals surface area contributed by atoms with E-state index in [2.05, 4.69) is 5.48 Å². The van der Waals surface area contributed by atoms with Gasteiger partial charge in [0, 0.05) is 24.0 Å². The molecule has 0 radical (unpaired) electrons. The molecule has 3 aromatic rings. The molecule has 1 amide bonds. The molecule has 0 spiro atoms. The number of ether oxygens (including phenoxy) is 2. The van der Waals surface area contributed by atoms with E-state index in [9.17, 15) is 4.79 Å². The maximum atomic E-state index is 12.8. The first-order valence-corrected chi connectivity index (χ1v) is 9.36. The van der Waals surface area contributed by atoms with Crippen LogP contribution in [-0.2, 0) is 9.57 Å². The van der Waals surface area contributed by atoms with E-state index in [1.54, 1.807) is 13.2 Å². The van der Waals surface area contributed by atoms with E-state index >= 15 is 0 Å². The summed E-state index contributed by atoms with van der Waals surface area (Å²) in [6.45, 7) is 0.653. The number of carbonyl (C=O) groups excluding carboxylic acids is 1. The summed E-state index contributed by atoms with van der Waals surface area (Å²) >= 11 is 0. The first-order valence-electron chi connectivity index (χ1n) is 9.36.